The quantitative estimate of drug-likeness (QED) is 0.583. The summed E-state index contributed by atoms with van der Waals surface area (Å²) in [4.78, 5) is 11.0. The van der Waals surface area contributed by atoms with Gasteiger partial charge in [-0.05, 0) is 11.6 Å². The van der Waals surface area contributed by atoms with Crippen molar-refractivity contribution in [2.45, 2.75) is 6.54 Å². The van der Waals surface area contributed by atoms with Gasteiger partial charge in [-0.1, -0.05) is 24.8 Å². The van der Waals surface area contributed by atoms with Crippen LogP contribution in [-0.2, 0) is 11.3 Å². The maximum Gasteiger partial charge on any atom is 0.152 e. The minimum absolute atomic E-state index is 0.531. The Morgan fingerprint density at radius 2 is 2.24 bits per heavy atom. The third-order valence-electron chi connectivity index (χ3n) is 2.69. The average Bonchev–Trinajstić information content (AvgIpc) is 2.68. The molecule has 1 aromatic heterocycles. The largest absolute Gasteiger partial charge is 0.380 e. The molecule has 0 saturated heterocycles. The van der Waals surface area contributed by atoms with Crippen LogP contribution in [0.5, 0.6) is 0 Å². The SMILES string of the molecule is C=C(COC)Cn1cc(C=O)c2ccccc21. The lowest BCUT2D eigenvalue weighted by Crippen LogP contribution is -2.03. The van der Waals surface area contributed by atoms with Gasteiger partial charge in [0.15, 0.2) is 6.29 Å². The van der Waals surface area contributed by atoms with Gasteiger partial charge in [0.1, 0.15) is 0 Å². The van der Waals surface area contributed by atoms with Gasteiger partial charge in [0.2, 0.25) is 0 Å². The van der Waals surface area contributed by atoms with E-state index in [-0.39, 0.29) is 0 Å². The molecular weight excluding hydrogens is 214 g/mol. The molecular formula is C14H15NO2. The van der Waals surface area contributed by atoms with E-state index in [1.807, 2.05) is 35.0 Å². The third-order valence-corrected chi connectivity index (χ3v) is 2.69. The Morgan fingerprint density at radius 3 is 2.94 bits per heavy atom. The summed E-state index contributed by atoms with van der Waals surface area (Å²) in [5.74, 6) is 0. The molecule has 0 spiro atoms. The number of hydrogen-bond donors (Lipinski definition) is 0. The molecule has 0 N–H and O–H groups in total. The van der Waals surface area contributed by atoms with E-state index >= 15 is 0 Å². The smallest absolute Gasteiger partial charge is 0.152 e. The minimum atomic E-state index is 0.531. The van der Waals surface area contributed by atoms with Crippen LogP contribution in [-0.4, -0.2) is 24.6 Å². The van der Waals surface area contributed by atoms with Crippen LogP contribution in [0.3, 0.4) is 0 Å². The first-order valence-electron chi connectivity index (χ1n) is 5.45. The number of aldehydes is 1. The molecule has 3 nitrogen and oxygen atoms in total. The van der Waals surface area contributed by atoms with Crippen LogP contribution in [0.2, 0.25) is 0 Å². The first-order chi connectivity index (χ1) is 8.26. The standard InChI is InChI=1S/C14H15NO2/c1-11(10-17-2)7-15-8-12(9-16)13-5-3-4-6-14(13)15/h3-6,8-9H,1,7,10H2,2H3. The van der Waals surface area contributed by atoms with E-state index in [0.29, 0.717) is 18.7 Å². The Morgan fingerprint density at radius 1 is 1.47 bits per heavy atom. The van der Waals surface area contributed by atoms with Crippen molar-refractivity contribution in [1.29, 1.82) is 0 Å². The maximum atomic E-state index is 11.0. The third kappa shape index (κ3) is 2.29. The van der Waals surface area contributed by atoms with Gasteiger partial charge in [-0.2, -0.15) is 0 Å². The molecule has 0 radical (unpaired) electrons. The van der Waals surface area contributed by atoms with E-state index in [9.17, 15) is 4.79 Å². The zero-order valence-corrected chi connectivity index (χ0v) is 9.85. The number of ether oxygens (including phenoxy) is 1. The predicted octanol–water partition coefficient (Wildman–Crippen LogP) is 2.66. The molecule has 0 atom stereocenters. The molecule has 0 aliphatic rings. The molecule has 0 unspecified atom stereocenters. The number of methoxy groups -OCH3 is 1. The van der Waals surface area contributed by atoms with Gasteiger partial charge in [0, 0.05) is 36.3 Å². The highest BCUT2D eigenvalue weighted by molar-refractivity contribution is 5.97. The molecule has 0 amide bonds. The molecule has 88 valence electrons. The monoisotopic (exact) mass is 229 g/mol. The first-order valence-corrected chi connectivity index (χ1v) is 5.45. The number of fused-ring (bicyclic) bond motifs is 1. The molecule has 1 heterocycles. The highest BCUT2D eigenvalue weighted by Crippen LogP contribution is 2.20. The lowest BCUT2D eigenvalue weighted by molar-refractivity contribution is 0.112. The number of benzene rings is 1. The van der Waals surface area contributed by atoms with Crippen molar-refractivity contribution in [1.82, 2.24) is 4.57 Å². The lowest BCUT2D eigenvalue weighted by atomic mass is 10.2. The summed E-state index contributed by atoms with van der Waals surface area (Å²) >= 11 is 0. The second-order valence-corrected chi connectivity index (χ2v) is 4.03. The van der Waals surface area contributed by atoms with Gasteiger partial charge in [-0.25, -0.2) is 0 Å². The summed E-state index contributed by atoms with van der Waals surface area (Å²) in [6.45, 7) is 5.15. The Balaban J connectivity index is 2.40. The molecule has 2 rings (SSSR count). The normalized spacial score (nSPS) is 10.6. The predicted molar refractivity (Wildman–Crippen MR) is 68.3 cm³/mol. The summed E-state index contributed by atoms with van der Waals surface area (Å²) in [5.41, 5.74) is 2.74. The van der Waals surface area contributed by atoms with Crippen molar-refractivity contribution in [3.8, 4) is 0 Å². The van der Waals surface area contributed by atoms with Crippen molar-refractivity contribution >= 4 is 17.2 Å². The van der Waals surface area contributed by atoms with Crippen molar-refractivity contribution in [3.63, 3.8) is 0 Å². The molecule has 0 fully saturated rings. The lowest BCUT2D eigenvalue weighted by Gasteiger charge is -2.07. The highest BCUT2D eigenvalue weighted by Gasteiger charge is 2.07. The average molecular weight is 229 g/mol. The van der Waals surface area contributed by atoms with Crippen LogP contribution in [0.4, 0.5) is 0 Å². The van der Waals surface area contributed by atoms with Crippen molar-refractivity contribution < 1.29 is 9.53 Å². The zero-order chi connectivity index (χ0) is 12.3. The fraction of sp³-hybridized carbons (Fsp3) is 0.214. The Hall–Kier alpha value is -1.87. The van der Waals surface area contributed by atoms with E-state index < -0.39 is 0 Å². The molecule has 0 bridgehead atoms. The van der Waals surface area contributed by atoms with Gasteiger partial charge in [0.05, 0.1) is 6.61 Å². The van der Waals surface area contributed by atoms with E-state index in [2.05, 4.69) is 6.58 Å². The van der Waals surface area contributed by atoms with E-state index in [0.717, 1.165) is 22.8 Å². The molecule has 2 aromatic rings. The van der Waals surface area contributed by atoms with Gasteiger partial charge in [-0.3, -0.25) is 4.79 Å². The number of hydrogen-bond acceptors (Lipinski definition) is 2. The minimum Gasteiger partial charge on any atom is -0.380 e. The van der Waals surface area contributed by atoms with Crippen LogP contribution in [0.15, 0.2) is 42.6 Å². The van der Waals surface area contributed by atoms with Gasteiger partial charge in [-0.15, -0.1) is 0 Å². The molecule has 17 heavy (non-hydrogen) atoms. The number of aromatic nitrogens is 1. The molecule has 3 heteroatoms. The molecule has 1 aromatic carbocycles. The van der Waals surface area contributed by atoms with Gasteiger partial charge < -0.3 is 9.30 Å². The Labute approximate surface area is 100 Å². The first kappa shape index (κ1) is 11.6. The number of para-hydroxylation sites is 1. The molecule has 0 aliphatic heterocycles. The fourth-order valence-corrected chi connectivity index (χ4v) is 1.99. The second kappa shape index (κ2) is 4.97. The maximum absolute atomic E-state index is 11.0. The number of rotatable bonds is 5. The van der Waals surface area contributed by atoms with E-state index in [1.54, 1.807) is 7.11 Å². The summed E-state index contributed by atoms with van der Waals surface area (Å²) in [5, 5.41) is 0.979. The van der Waals surface area contributed by atoms with Crippen molar-refractivity contribution in [2.75, 3.05) is 13.7 Å². The summed E-state index contributed by atoms with van der Waals surface area (Å²) in [7, 11) is 1.65. The number of carbonyl (C=O) groups excluding carboxylic acids is 1. The zero-order valence-electron chi connectivity index (χ0n) is 9.85. The van der Waals surface area contributed by atoms with Crippen LogP contribution < -0.4 is 0 Å². The van der Waals surface area contributed by atoms with Crippen molar-refractivity contribution in [2.24, 2.45) is 0 Å². The van der Waals surface area contributed by atoms with E-state index in [4.69, 9.17) is 4.74 Å². The summed E-state index contributed by atoms with van der Waals surface area (Å²) in [6.07, 6.45) is 2.75. The Kier molecular flexibility index (Phi) is 3.40. The molecule has 0 aliphatic carbocycles. The topological polar surface area (TPSA) is 31.2 Å². The van der Waals surface area contributed by atoms with Gasteiger partial charge >= 0.3 is 0 Å². The number of carbonyl (C=O) groups is 1. The number of nitrogens with zero attached hydrogens (tertiary/aromatic N) is 1. The summed E-state index contributed by atoms with van der Waals surface area (Å²) < 4.78 is 7.07. The summed E-state index contributed by atoms with van der Waals surface area (Å²) in [6, 6.07) is 7.85. The van der Waals surface area contributed by atoms with Crippen LogP contribution in [0.1, 0.15) is 10.4 Å². The molecule has 0 saturated carbocycles. The van der Waals surface area contributed by atoms with Crippen LogP contribution >= 0.6 is 0 Å². The van der Waals surface area contributed by atoms with Crippen LogP contribution in [0.25, 0.3) is 10.9 Å². The van der Waals surface area contributed by atoms with Crippen LogP contribution in [0, 0.1) is 0 Å². The van der Waals surface area contributed by atoms with Crippen molar-refractivity contribution in [3.05, 3.63) is 48.2 Å². The fourth-order valence-electron chi connectivity index (χ4n) is 1.99. The van der Waals surface area contributed by atoms with E-state index in [1.165, 1.54) is 0 Å². The van der Waals surface area contributed by atoms with Gasteiger partial charge in [0.25, 0.3) is 0 Å². The Bertz CT molecular complexity index is 554. The second-order valence-electron chi connectivity index (χ2n) is 4.03. The highest BCUT2D eigenvalue weighted by atomic mass is 16.5.